The van der Waals surface area contributed by atoms with Crippen molar-refractivity contribution in [2.24, 2.45) is 0 Å². The quantitative estimate of drug-likeness (QED) is 0.555. The largest absolute Gasteiger partial charge is 0.398 e. The minimum atomic E-state index is -4.21. The van der Waals surface area contributed by atoms with Crippen LogP contribution in [0.3, 0.4) is 0 Å². The third-order valence-electron chi connectivity index (χ3n) is 2.87. The van der Waals surface area contributed by atoms with E-state index in [9.17, 15) is 14.4 Å². The van der Waals surface area contributed by atoms with Gasteiger partial charge in [-0.25, -0.2) is 0 Å². The van der Waals surface area contributed by atoms with Crippen molar-refractivity contribution in [2.45, 2.75) is 33.6 Å². The molecule has 4 N–H and O–H groups in total. The molecular formula is C11H18NO3P. The Morgan fingerprint density at radius 3 is 2.25 bits per heavy atom. The highest BCUT2D eigenvalue weighted by atomic mass is 31.2. The Morgan fingerprint density at radius 1 is 1.31 bits per heavy atom. The van der Waals surface area contributed by atoms with Crippen LogP contribution >= 0.6 is 7.60 Å². The summed E-state index contributed by atoms with van der Waals surface area (Å²) in [5.41, 5.74) is 8.84. The molecule has 0 aliphatic rings. The SMILES string of the molecule is CCc1cc(P(=O)(O)O)c(CC)c(C)c1N. The summed E-state index contributed by atoms with van der Waals surface area (Å²) >= 11 is 0. The summed E-state index contributed by atoms with van der Waals surface area (Å²) in [5, 5.41) is 0.124. The Balaban J connectivity index is 3.61. The van der Waals surface area contributed by atoms with Gasteiger partial charge in [-0.3, -0.25) is 4.57 Å². The van der Waals surface area contributed by atoms with E-state index in [4.69, 9.17) is 5.73 Å². The zero-order chi connectivity index (χ0) is 12.5. The van der Waals surface area contributed by atoms with Crippen molar-refractivity contribution in [1.29, 1.82) is 0 Å². The maximum absolute atomic E-state index is 11.4. The van der Waals surface area contributed by atoms with Crippen LogP contribution in [0, 0.1) is 6.92 Å². The van der Waals surface area contributed by atoms with Crippen LogP contribution in [0.15, 0.2) is 6.07 Å². The van der Waals surface area contributed by atoms with Gasteiger partial charge in [-0.2, -0.15) is 0 Å². The molecule has 4 nitrogen and oxygen atoms in total. The zero-order valence-corrected chi connectivity index (χ0v) is 10.7. The van der Waals surface area contributed by atoms with Crippen molar-refractivity contribution in [2.75, 3.05) is 5.73 Å². The highest BCUT2D eigenvalue weighted by Gasteiger charge is 2.24. The standard InChI is InChI=1S/C11H18NO3P/c1-4-8-6-10(16(13,14)15)9(5-2)7(3)11(8)12/h6H,4-5,12H2,1-3H3,(H2,13,14,15). The molecule has 0 atom stereocenters. The van der Waals surface area contributed by atoms with Crippen molar-refractivity contribution in [3.8, 4) is 0 Å². The Kier molecular flexibility index (Phi) is 3.79. The molecule has 0 heterocycles. The van der Waals surface area contributed by atoms with Gasteiger partial charge >= 0.3 is 7.60 Å². The van der Waals surface area contributed by atoms with Crippen molar-refractivity contribution in [1.82, 2.24) is 0 Å². The smallest absolute Gasteiger partial charge is 0.356 e. The van der Waals surface area contributed by atoms with Crippen LogP contribution in [-0.4, -0.2) is 9.79 Å². The van der Waals surface area contributed by atoms with Crippen LogP contribution in [0.2, 0.25) is 0 Å². The maximum Gasteiger partial charge on any atom is 0.356 e. The third-order valence-corrected chi connectivity index (χ3v) is 3.90. The number of benzene rings is 1. The molecule has 1 aromatic rings. The number of nitrogens with two attached hydrogens (primary N) is 1. The molecule has 0 bridgehead atoms. The van der Waals surface area contributed by atoms with Crippen LogP contribution < -0.4 is 11.0 Å². The molecule has 0 fully saturated rings. The fraction of sp³-hybridized carbons (Fsp3) is 0.455. The molecule has 1 aromatic carbocycles. The first-order valence-corrected chi connectivity index (χ1v) is 6.91. The Hall–Kier alpha value is -0.830. The number of hydrogen-bond acceptors (Lipinski definition) is 2. The molecule has 16 heavy (non-hydrogen) atoms. The fourth-order valence-corrected chi connectivity index (χ4v) is 2.93. The van der Waals surface area contributed by atoms with Crippen LogP contribution in [0.5, 0.6) is 0 Å². The van der Waals surface area contributed by atoms with Gasteiger partial charge in [0.2, 0.25) is 0 Å². The molecule has 0 amide bonds. The summed E-state index contributed by atoms with van der Waals surface area (Å²) in [5.74, 6) is 0. The molecule has 0 saturated carbocycles. The van der Waals surface area contributed by atoms with E-state index >= 15 is 0 Å². The molecule has 0 aliphatic carbocycles. The van der Waals surface area contributed by atoms with Crippen LogP contribution in [0.25, 0.3) is 0 Å². The van der Waals surface area contributed by atoms with E-state index < -0.39 is 7.60 Å². The van der Waals surface area contributed by atoms with Crippen molar-refractivity contribution in [3.05, 3.63) is 22.8 Å². The van der Waals surface area contributed by atoms with Gasteiger partial charge in [0.25, 0.3) is 0 Å². The zero-order valence-electron chi connectivity index (χ0n) is 9.82. The first kappa shape index (κ1) is 13.2. The normalized spacial score (nSPS) is 11.8. The summed E-state index contributed by atoms with van der Waals surface area (Å²) in [6.45, 7) is 5.60. The average Bonchev–Trinajstić information content (AvgIpc) is 2.20. The van der Waals surface area contributed by atoms with E-state index in [1.54, 1.807) is 6.07 Å². The number of aryl methyl sites for hydroxylation is 1. The third kappa shape index (κ3) is 2.29. The molecule has 0 unspecified atom stereocenters. The summed E-state index contributed by atoms with van der Waals surface area (Å²) in [6.07, 6.45) is 1.24. The highest BCUT2D eigenvalue weighted by Crippen LogP contribution is 2.37. The second kappa shape index (κ2) is 4.58. The number of hydrogen-bond donors (Lipinski definition) is 3. The summed E-state index contributed by atoms with van der Waals surface area (Å²) in [6, 6.07) is 1.54. The predicted octanol–water partition coefficient (Wildman–Crippen LogP) is 1.51. The van der Waals surface area contributed by atoms with Gasteiger partial charge in [0, 0.05) is 5.69 Å². The van der Waals surface area contributed by atoms with Crippen molar-refractivity contribution >= 4 is 18.6 Å². The molecule has 0 aromatic heterocycles. The Bertz CT molecular complexity index is 451. The van der Waals surface area contributed by atoms with E-state index in [2.05, 4.69) is 0 Å². The van der Waals surface area contributed by atoms with Crippen LogP contribution in [0.4, 0.5) is 5.69 Å². The van der Waals surface area contributed by atoms with E-state index in [0.717, 1.165) is 11.1 Å². The summed E-state index contributed by atoms with van der Waals surface area (Å²) in [7, 11) is -4.21. The minimum Gasteiger partial charge on any atom is -0.398 e. The maximum atomic E-state index is 11.4. The number of anilines is 1. The molecule has 0 aliphatic heterocycles. The molecule has 5 heteroatoms. The first-order chi connectivity index (χ1) is 7.32. The monoisotopic (exact) mass is 243 g/mol. The molecule has 1 rings (SSSR count). The molecule has 0 saturated heterocycles. The van der Waals surface area contributed by atoms with Gasteiger partial charge in [0.15, 0.2) is 0 Å². The van der Waals surface area contributed by atoms with Crippen LogP contribution in [-0.2, 0) is 17.4 Å². The number of nitrogen functional groups attached to an aromatic ring is 1. The Morgan fingerprint density at radius 2 is 1.88 bits per heavy atom. The van der Waals surface area contributed by atoms with E-state index in [1.807, 2.05) is 20.8 Å². The van der Waals surface area contributed by atoms with Crippen molar-refractivity contribution in [3.63, 3.8) is 0 Å². The highest BCUT2D eigenvalue weighted by molar-refractivity contribution is 7.60. The lowest BCUT2D eigenvalue weighted by molar-refractivity contribution is 0.387. The van der Waals surface area contributed by atoms with Gasteiger partial charge in [0.1, 0.15) is 0 Å². The van der Waals surface area contributed by atoms with Crippen LogP contribution in [0.1, 0.15) is 30.5 Å². The lowest BCUT2D eigenvalue weighted by atomic mass is 9.99. The number of rotatable bonds is 3. The van der Waals surface area contributed by atoms with E-state index in [0.29, 0.717) is 24.1 Å². The summed E-state index contributed by atoms with van der Waals surface area (Å²) < 4.78 is 11.4. The lowest BCUT2D eigenvalue weighted by Crippen LogP contribution is -2.16. The van der Waals surface area contributed by atoms with Gasteiger partial charge in [0.05, 0.1) is 5.30 Å². The summed E-state index contributed by atoms with van der Waals surface area (Å²) in [4.78, 5) is 18.6. The van der Waals surface area contributed by atoms with Gasteiger partial charge in [-0.15, -0.1) is 0 Å². The topological polar surface area (TPSA) is 83.5 Å². The van der Waals surface area contributed by atoms with Crippen molar-refractivity contribution < 1.29 is 14.4 Å². The van der Waals surface area contributed by atoms with Gasteiger partial charge < -0.3 is 15.5 Å². The lowest BCUT2D eigenvalue weighted by Gasteiger charge is -2.17. The second-order valence-corrected chi connectivity index (χ2v) is 5.39. The molecular weight excluding hydrogens is 225 g/mol. The average molecular weight is 243 g/mol. The second-order valence-electron chi connectivity index (χ2n) is 3.82. The Labute approximate surface area is 95.6 Å². The molecule has 0 radical (unpaired) electrons. The van der Waals surface area contributed by atoms with E-state index in [-0.39, 0.29) is 5.30 Å². The fourth-order valence-electron chi connectivity index (χ4n) is 1.92. The van der Waals surface area contributed by atoms with Gasteiger partial charge in [-0.05, 0) is 42.5 Å². The van der Waals surface area contributed by atoms with E-state index in [1.165, 1.54) is 0 Å². The first-order valence-electron chi connectivity index (χ1n) is 5.29. The predicted molar refractivity (Wildman–Crippen MR) is 66.0 cm³/mol. The minimum absolute atomic E-state index is 0.124. The molecule has 90 valence electrons. The van der Waals surface area contributed by atoms with Gasteiger partial charge in [-0.1, -0.05) is 13.8 Å². The molecule has 0 spiro atoms.